The van der Waals surface area contributed by atoms with E-state index in [1.54, 1.807) is 6.92 Å². The van der Waals surface area contributed by atoms with Crippen LogP contribution >= 0.6 is 25.2 Å². The fourth-order valence-corrected chi connectivity index (χ4v) is 3.02. The Hall–Kier alpha value is -0.800. The average molecular weight is 378 g/mol. The van der Waals surface area contributed by atoms with Crippen LogP contribution in [0.4, 0.5) is 4.39 Å². The number of aromatic nitrogens is 1. The summed E-state index contributed by atoms with van der Waals surface area (Å²) >= 11 is 3.01. The van der Waals surface area contributed by atoms with Crippen LogP contribution in [0.3, 0.4) is 0 Å². The molecule has 0 bridgehead atoms. The lowest BCUT2D eigenvalue weighted by Gasteiger charge is -2.22. The number of rotatable bonds is 3. The topological polar surface area (TPSA) is 68.5 Å². The van der Waals surface area contributed by atoms with Crippen molar-refractivity contribution in [2.24, 2.45) is 5.92 Å². The van der Waals surface area contributed by atoms with E-state index in [2.05, 4.69) is 37.3 Å². The van der Waals surface area contributed by atoms with Gasteiger partial charge >= 0.3 is 5.56 Å². The first-order valence-electron chi connectivity index (χ1n) is 6.31. The van der Waals surface area contributed by atoms with Crippen molar-refractivity contribution in [2.75, 3.05) is 6.16 Å². The second-order valence-corrected chi connectivity index (χ2v) is 6.34. The molecule has 0 saturated carbocycles. The summed E-state index contributed by atoms with van der Waals surface area (Å²) in [5.74, 6) is -2.89. The molecule has 0 spiro atoms. The third kappa shape index (κ3) is 3.04. The molecule has 8 heteroatoms. The van der Waals surface area contributed by atoms with E-state index in [4.69, 9.17) is 4.74 Å². The Morgan fingerprint density at radius 2 is 2.24 bits per heavy atom. The van der Waals surface area contributed by atoms with Gasteiger partial charge in [-0.25, -0.2) is 4.39 Å². The molecule has 1 aromatic rings. The van der Waals surface area contributed by atoms with Gasteiger partial charge in [0.2, 0.25) is 11.3 Å². The largest absolute Gasteiger partial charge is 0.387 e. The van der Waals surface area contributed by atoms with Gasteiger partial charge in [-0.15, -0.1) is 9.24 Å². The van der Waals surface area contributed by atoms with Crippen molar-refractivity contribution in [1.29, 1.82) is 0 Å². The molecule has 1 aliphatic heterocycles. The van der Waals surface area contributed by atoms with E-state index in [-0.39, 0.29) is 10.9 Å². The molecule has 21 heavy (non-hydrogen) atoms. The normalized spacial score (nSPS) is 32.0. The van der Waals surface area contributed by atoms with Gasteiger partial charge in [0.25, 0.3) is 0 Å². The maximum absolute atomic E-state index is 14.6. The van der Waals surface area contributed by atoms with Crippen LogP contribution in [0.1, 0.15) is 19.6 Å². The van der Waals surface area contributed by atoms with Crippen molar-refractivity contribution < 1.29 is 14.2 Å². The quantitative estimate of drug-likeness (QED) is 0.798. The summed E-state index contributed by atoms with van der Waals surface area (Å²) in [6.45, 7) is 1.58. The molecule has 1 aromatic heterocycles. The molecule has 0 aromatic carbocycles. The summed E-state index contributed by atoms with van der Waals surface area (Å²) in [7, 11) is 2.36. The van der Waals surface area contributed by atoms with Gasteiger partial charge in [0.1, 0.15) is 12.3 Å². The van der Waals surface area contributed by atoms with Crippen LogP contribution in [0.2, 0.25) is 0 Å². The predicted octanol–water partition coefficient (Wildman–Crippen LogP) is 1.03. The van der Waals surface area contributed by atoms with Crippen LogP contribution in [0.15, 0.2) is 20.3 Å². The summed E-state index contributed by atoms with van der Waals surface area (Å²) in [5, 5.41) is 10.0. The third-order valence-corrected chi connectivity index (χ3v) is 4.31. The van der Waals surface area contributed by atoms with Gasteiger partial charge in [-0.05, 0) is 28.2 Å². The Labute approximate surface area is 131 Å². The van der Waals surface area contributed by atoms with Gasteiger partial charge in [-0.2, -0.15) is 0 Å². The molecular formula is C13H14BrFNO4P. The number of hydrogen-bond donors (Lipinski definition) is 1. The standard InChI is InChI=1S/C13H14BrFNO4P/c1-7-11(19)13(15,4-5-21)20-12(7)16-6-8(14)9(17)2-3-10(16)18/h6-7,11-12,19H,4-5,21H2,1H3/t7-,11?,12-,13+/m0/s1. The van der Waals surface area contributed by atoms with Gasteiger partial charge in [0.15, 0.2) is 0 Å². The van der Waals surface area contributed by atoms with Gasteiger partial charge in [-0.1, -0.05) is 6.92 Å². The molecule has 1 saturated heterocycles. The highest BCUT2D eigenvalue weighted by Gasteiger charge is 2.53. The van der Waals surface area contributed by atoms with Crippen LogP contribution in [0, 0.1) is 18.1 Å². The Morgan fingerprint density at radius 1 is 1.57 bits per heavy atom. The summed E-state index contributed by atoms with van der Waals surface area (Å²) in [6.07, 6.45) is -0.801. The number of aliphatic hydroxyl groups excluding tert-OH is 1. The maximum atomic E-state index is 14.6. The third-order valence-electron chi connectivity index (χ3n) is 3.45. The lowest BCUT2D eigenvalue weighted by atomic mass is 9.99. The minimum Gasteiger partial charge on any atom is -0.387 e. The van der Waals surface area contributed by atoms with Gasteiger partial charge in [-0.3, -0.25) is 14.2 Å². The Kier molecular flexibility index (Phi) is 4.84. The summed E-state index contributed by atoms with van der Waals surface area (Å²) in [4.78, 5) is 23.4. The van der Waals surface area contributed by atoms with Crippen LogP contribution in [-0.4, -0.2) is 27.8 Å². The fourth-order valence-electron chi connectivity index (χ4n) is 2.30. The molecule has 2 heterocycles. The molecule has 0 amide bonds. The first-order chi connectivity index (χ1) is 9.80. The molecule has 5 atom stereocenters. The van der Waals surface area contributed by atoms with E-state index in [0.29, 0.717) is 6.16 Å². The second kappa shape index (κ2) is 6.13. The number of ether oxygens (including phenoxy) is 1. The second-order valence-electron chi connectivity index (χ2n) is 4.91. The Bertz CT molecular complexity index is 655. The van der Waals surface area contributed by atoms with Crippen molar-refractivity contribution in [2.45, 2.75) is 31.5 Å². The molecule has 0 aliphatic carbocycles. The molecule has 1 aliphatic rings. The number of halogens is 2. The van der Waals surface area contributed by atoms with Crippen LogP contribution in [0.5, 0.6) is 0 Å². The Morgan fingerprint density at radius 3 is 2.86 bits per heavy atom. The zero-order valence-corrected chi connectivity index (χ0v) is 13.9. The fraction of sp³-hybridized carbons (Fsp3) is 0.538. The van der Waals surface area contributed by atoms with Crippen LogP contribution in [0.25, 0.3) is 0 Å². The first-order valence-corrected chi connectivity index (χ1v) is 7.92. The summed E-state index contributed by atoms with van der Waals surface area (Å²) < 4.78 is 21.0. The molecule has 0 radical (unpaired) electrons. The van der Waals surface area contributed by atoms with Crippen LogP contribution < -0.4 is 11.0 Å². The van der Waals surface area contributed by atoms with E-state index < -0.39 is 35.1 Å². The number of hydrogen-bond acceptors (Lipinski definition) is 4. The lowest BCUT2D eigenvalue weighted by Crippen LogP contribution is -2.36. The van der Waals surface area contributed by atoms with E-state index in [1.165, 1.54) is 6.20 Å². The van der Waals surface area contributed by atoms with E-state index in [1.807, 2.05) is 0 Å². The smallest absolute Gasteiger partial charge is 0.305 e. The minimum atomic E-state index is -2.23. The Balaban J connectivity index is 2.49. The zero-order chi connectivity index (χ0) is 15.8. The molecule has 114 valence electrons. The molecular weight excluding hydrogens is 364 g/mol. The number of nitrogens with zero attached hydrogens (tertiary/aromatic N) is 1. The summed E-state index contributed by atoms with van der Waals surface area (Å²) in [6, 6.07) is 4.32. The van der Waals surface area contributed by atoms with Gasteiger partial charge in [0.05, 0.1) is 4.47 Å². The highest BCUT2D eigenvalue weighted by molar-refractivity contribution is 9.10. The van der Waals surface area contributed by atoms with E-state index in [0.717, 1.165) is 4.57 Å². The number of aliphatic hydroxyl groups is 1. The monoisotopic (exact) mass is 377 g/mol. The van der Waals surface area contributed by atoms with Gasteiger partial charge < -0.3 is 9.84 Å². The zero-order valence-electron chi connectivity index (χ0n) is 11.2. The maximum Gasteiger partial charge on any atom is 0.305 e. The average Bonchev–Trinajstić information content (AvgIpc) is 2.57. The molecule has 2 rings (SSSR count). The molecule has 5 nitrogen and oxygen atoms in total. The summed E-state index contributed by atoms with van der Waals surface area (Å²) in [5.41, 5.74) is -1.23. The van der Waals surface area contributed by atoms with Crippen molar-refractivity contribution in [3.05, 3.63) is 43.4 Å². The minimum absolute atomic E-state index is 0.0167. The molecule has 1 N–H and O–H groups in total. The predicted molar refractivity (Wildman–Crippen MR) is 80.7 cm³/mol. The first kappa shape index (κ1) is 16.6. The van der Waals surface area contributed by atoms with Crippen molar-refractivity contribution in [3.63, 3.8) is 0 Å². The lowest BCUT2D eigenvalue weighted by molar-refractivity contribution is -0.188. The van der Waals surface area contributed by atoms with E-state index in [9.17, 15) is 19.1 Å². The van der Waals surface area contributed by atoms with Crippen LogP contribution in [-0.2, 0) is 4.74 Å². The van der Waals surface area contributed by atoms with Crippen molar-refractivity contribution >= 4 is 25.2 Å². The van der Waals surface area contributed by atoms with Gasteiger partial charge in [0, 0.05) is 24.6 Å². The SMILES string of the molecule is C[C@H]1C(O)[C@@](F)(CCP)O[C@@H]1n1cc(Br)c(=O)c#cc1=O. The molecule has 2 unspecified atom stereocenters. The van der Waals surface area contributed by atoms with Crippen molar-refractivity contribution in [1.82, 2.24) is 4.57 Å². The number of alkyl halides is 1. The highest BCUT2D eigenvalue weighted by atomic mass is 79.9. The highest BCUT2D eigenvalue weighted by Crippen LogP contribution is 2.43. The van der Waals surface area contributed by atoms with E-state index >= 15 is 0 Å². The molecule has 1 fully saturated rings. The van der Waals surface area contributed by atoms with Crippen molar-refractivity contribution in [3.8, 4) is 0 Å².